The number of nitrogens with zero attached hydrogens (tertiary/aromatic N) is 3. The van der Waals surface area contributed by atoms with Gasteiger partial charge in [0.25, 0.3) is 0 Å². The lowest BCUT2D eigenvalue weighted by molar-refractivity contribution is -0.326. The smallest absolute Gasteiger partial charge is 0.291 e. The van der Waals surface area contributed by atoms with E-state index in [4.69, 9.17) is 23.2 Å². The van der Waals surface area contributed by atoms with Crippen LogP contribution in [0.1, 0.15) is 11.5 Å². The van der Waals surface area contributed by atoms with E-state index >= 15 is 0 Å². The van der Waals surface area contributed by atoms with Crippen molar-refractivity contribution in [3.8, 4) is 0 Å². The van der Waals surface area contributed by atoms with E-state index in [-0.39, 0.29) is 11.6 Å². The summed E-state index contributed by atoms with van der Waals surface area (Å²) in [5.41, 5.74) is 0.501. The van der Waals surface area contributed by atoms with E-state index in [1.807, 2.05) is 0 Å². The third-order valence-corrected chi connectivity index (χ3v) is 3.29. The van der Waals surface area contributed by atoms with Gasteiger partial charge in [-0.05, 0) is 17.7 Å². The number of ether oxygens (including phenoxy) is 1. The second-order valence-corrected chi connectivity index (χ2v) is 5.08. The first-order chi connectivity index (χ1) is 9.85. The quantitative estimate of drug-likeness (QED) is 0.829. The van der Waals surface area contributed by atoms with Crippen molar-refractivity contribution in [3.63, 3.8) is 0 Å². The Hall–Kier alpha value is -1.31. The number of rotatable bonds is 5. The second-order valence-electron chi connectivity index (χ2n) is 4.24. The van der Waals surface area contributed by atoms with Crippen LogP contribution in [0.2, 0.25) is 10.0 Å². The number of aromatic nitrogens is 3. The summed E-state index contributed by atoms with van der Waals surface area (Å²) in [6, 6.07) is 4.61. The topological polar surface area (TPSA) is 39.9 Å². The molecule has 1 aromatic heterocycles. The maximum atomic E-state index is 12.3. The third kappa shape index (κ3) is 4.87. The van der Waals surface area contributed by atoms with Gasteiger partial charge >= 0.3 is 6.36 Å². The van der Waals surface area contributed by atoms with Crippen LogP contribution < -0.4 is 0 Å². The van der Waals surface area contributed by atoms with Gasteiger partial charge in [-0.1, -0.05) is 29.3 Å². The molecule has 0 bridgehead atoms. The van der Waals surface area contributed by atoms with Gasteiger partial charge in [-0.15, -0.1) is 13.2 Å². The zero-order valence-electron chi connectivity index (χ0n) is 10.5. The zero-order chi connectivity index (χ0) is 15.5. The average Bonchev–Trinajstić information content (AvgIpc) is 2.87. The molecule has 1 atom stereocenters. The van der Waals surface area contributed by atoms with Gasteiger partial charge < -0.3 is 0 Å². The lowest BCUT2D eigenvalue weighted by Gasteiger charge is -2.19. The molecule has 0 spiro atoms. The van der Waals surface area contributed by atoms with E-state index in [2.05, 4.69) is 14.8 Å². The van der Waals surface area contributed by atoms with Gasteiger partial charge in [0.05, 0.1) is 13.2 Å². The average molecular weight is 340 g/mol. The molecule has 0 aliphatic heterocycles. The summed E-state index contributed by atoms with van der Waals surface area (Å²) in [5.74, 6) is -0.641. The maximum absolute atomic E-state index is 12.3. The summed E-state index contributed by atoms with van der Waals surface area (Å²) < 4.78 is 42.1. The molecule has 1 aromatic carbocycles. The number of hydrogen-bond acceptors (Lipinski definition) is 3. The fourth-order valence-corrected chi connectivity index (χ4v) is 2.38. The van der Waals surface area contributed by atoms with E-state index in [9.17, 15) is 13.2 Å². The largest absolute Gasteiger partial charge is 0.522 e. The molecule has 1 unspecified atom stereocenters. The molecule has 4 nitrogen and oxygen atoms in total. The minimum absolute atomic E-state index is 0.150. The Morgan fingerprint density at radius 3 is 2.62 bits per heavy atom. The molecule has 2 rings (SSSR count). The van der Waals surface area contributed by atoms with Crippen LogP contribution in [0, 0.1) is 0 Å². The normalized spacial score (nSPS) is 13.4. The molecule has 0 N–H and O–H groups in total. The van der Waals surface area contributed by atoms with Crippen LogP contribution >= 0.6 is 23.2 Å². The van der Waals surface area contributed by atoms with Gasteiger partial charge in [0.15, 0.2) is 0 Å². The first-order valence-electron chi connectivity index (χ1n) is 5.83. The molecule has 0 aliphatic carbocycles. The van der Waals surface area contributed by atoms with Crippen LogP contribution in [0.4, 0.5) is 13.2 Å². The van der Waals surface area contributed by atoms with Crippen molar-refractivity contribution < 1.29 is 17.9 Å². The number of halogens is 5. The molecule has 0 radical (unpaired) electrons. The summed E-state index contributed by atoms with van der Waals surface area (Å²) in [7, 11) is 0. The van der Waals surface area contributed by atoms with E-state index in [1.54, 1.807) is 12.1 Å². The molecule has 2 aromatic rings. The molecule has 9 heteroatoms. The van der Waals surface area contributed by atoms with Gasteiger partial charge in [-0.25, -0.2) is 4.98 Å². The first-order valence-corrected chi connectivity index (χ1v) is 6.59. The van der Waals surface area contributed by atoms with Crippen molar-refractivity contribution in [2.24, 2.45) is 0 Å². The Balaban J connectivity index is 2.21. The van der Waals surface area contributed by atoms with Crippen molar-refractivity contribution in [1.29, 1.82) is 0 Å². The van der Waals surface area contributed by atoms with Crippen LogP contribution in [0.25, 0.3) is 0 Å². The van der Waals surface area contributed by atoms with Gasteiger partial charge in [-0.2, -0.15) is 5.10 Å². The van der Waals surface area contributed by atoms with E-state index in [0.29, 0.717) is 10.6 Å². The Bertz CT molecular complexity index is 590. The Labute approximate surface area is 128 Å². The van der Waals surface area contributed by atoms with Crippen molar-refractivity contribution in [3.05, 3.63) is 46.5 Å². The Morgan fingerprint density at radius 1 is 1.29 bits per heavy atom. The van der Waals surface area contributed by atoms with Crippen LogP contribution in [0.5, 0.6) is 0 Å². The highest BCUT2D eigenvalue weighted by atomic mass is 35.5. The fraction of sp³-hybridized carbons (Fsp3) is 0.333. The van der Waals surface area contributed by atoms with E-state index < -0.39 is 18.9 Å². The van der Waals surface area contributed by atoms with Gasteiger partial charge in [-0.3, -0.25) is 9.42 Å². The van der Waals surface area contributed by atoms with Crippen LogP contribution in [-0.2, 0) is 11.3 Å². The highest BCUT2D eigenvalue weighted by molar-refractivity contribution is 6.35. The summed E-state index contributed by atoms with van der Waals surface area (Å²) >= 11 is 11.8. The van der Waals surface area contributed by atoms with Crippen molar-refractivity contribution in [1.82, 2.24) is 14.8 Å². The van der Waals surface area contributed by atoms with Gasteiger partial charge in [0.1, 0.15) is 12.7 Å². The van der Waals surface area contributed by atoms with Crippen LogP contribution in [0.15, 0.2) is 30.9 Å². The maximum Gasteiger partial charge on any atom is 0.522 e. The highest BCUT2D eigenvalue weighted by Crippen LogP contribution is 2.30. The molecule has 0 saturated heterocycles. The molecule has 0 amide bonds. The van der Waals surface area contributed by atoms with E-state index in [0.717, 1.165) is 0 Å². The standard InChI is InChI=1S/C12H10Cl2F3N3O/c13-9-1-2-10(11(14)3-9)8(5-21-12(15,16)17)4-20-7-18-6-19-20/h1-3,6-8H,4-5H2. The van der Waals surface area contributed by atoms with Crippen LogP contribution in [0.3, 0.4) is 0 Å². The predicted molar refractivity (Wildman–Crippen MR) is 71.2 cm³/mol. The second kappa shape index (κ2) is 6.64. The zero-order valence-corrected chi connectivity index (χ0v) is 12.0. The Kier molecular flexibility index (Phi) is 5.08. The molecule has 0 fully saturated rings. The fourth-order valence-electron chi connectivity index (χ4n) is 1.82. The van der Waals surface area contributed by atoms with Crippen molar-refractivity contribution in [2.45, 2.75) is 18.8 Å². The Morgan fingerprint density at radius 2 is 2.05 bits per heavy atom. The number of benzene rings is 1. The lowest BCUT2D eigenvalue weighted by atomic mass is 10.00. The summed E-state index contributed by atoms with van der Waals surface area (Å²) in [4.78, 5) is 3.75. The minimum Gasteiger partial charge on any atom is -0.291 e. The molecule has 0 saturated carbocycles. The monoisotopic (exact) mass is 339 g/mol. The lowest BCUT2D eigenvalue weighted by Crippen LogP contribution is -2.22. The highest BCUT2D eigenvalue weighted by Gasteiger charge is 2.31. The third-order valence-electron chi connectivity index (χ3n) is 2.72. The molecular weight excluding hydrogens is 330 g/mol. The molecular formula is C12H10Cl2F3N3O. The number of hydrogen-bond donors (Lipinski definition) is 0. The molecule has 21 heavy (non-hydrogen) atoms. The van der Waals surface area contributed by atoms with Crippen LogP contribution in [-0.4, -0.2) is 27.7 Å². The molecule has 1 heterocycles. The van der Waals surface area contributed by atoms with Crippen molar-refractivity contribution in [2.75, 3.05) is 6.61 Å². The first kappa shape index (κ1) is 16.1. The van der Waals surface area contributed by atoms with Gasteiger partial charge in [0.2, 0.25) is 0 Å². The predicted octanol–water partition coefficient (Wildman–Crippen LogP) is 3.91. The number of alkyl halides is 3. The molecule has 0 aliphatic rings. The van der Waals surface area contributed by atoms with E-state index in [1.165, 1.54) is 23.4 Å². The SMILES string of the molecule is FC(F)(F)OCC(Cn1cncn1)c1ccc(Cl)cc1Cl. The van der Waals surface area contributed by atoms with Gasteiger partial charge in [0, 0.05) is 16.0 Å². The summed E-state index contributed by atoms with van der Waals surface area (Å²) in [6.07, 6.45) is -2.00. The minimum atomic E-state index is -4.71. The van der Waals surface area contributed by atoms with Crippen molar-refractivity contribution >= 4 is 23.2 Å². The molecule has 114 valence electrons. The summed E-state index contributed by atoms with van der Waals surface area (Å²) in [6.45, 7) is -0.428. The summed E-state index contributed by atoms with van der Waals surface area (Å²) in [5, 5.41) is 4.55.